The lowest BCUT2D eigenvalue weighted by molar-refractivity contribution is 0.180. The van der Waals surface area contributed by atoms with E-state index in [0.29, 0.717) is 0 Å². The van der Waals surface area contributed by atoms with E-state index in [1.54, 1.807) is 0 Å². The molecule has 0 spiro atoms. The molecule has 1 aromatic carbocycles. The van der Waals surface area contributed by atoms with Gasteiger partial charge in [0.05, 0.1) is 6.61 Å². The van der Waals surface area contributed by atoms with Gasteiger partial charge in [-0.1, -0.05) is 25.5 Å². The highest BCUT2D eigenvalue weighted by molar-refractivity contribution is 5.29. The molecule has 0 bridgehead atoms. The topological polar surface area (TPSA) is 35.2 Å². The van der Waals surface area contributed by atoms with Crippen LogP contribution in [0.4, 0.5) is 0 Å². The normalized spacial score (nSPS) is 17.5. The van der Waals surface area contributed by atoms with E-state index in [-0.39, 0.29) is 6.04 Å². The van der Waals surface area contributed by atoms with Crippen LogP contribution in [0.5, 0.6) is 5.75 Å². The molecule has 1 unspecified atom stereocenters. The van der Waals surface area contributed by atoms with Gasteiger partial charge in [0, 0.05) is 6.04 Å². The molecule has 1 aromatic rings. The fourth-order valence-corrected chi connectivity index (χ4v) is 2.08. The van der Waals surface area contributed by atoms with Gasteiger partial charge in [-0.15, -0.1) is 0 Å². The summed E-state index contributed by atoms with van der Waals surface area (Å²) >= 11 is 0. The fourth-order valence-electron chi connectivity index (χ4n) is 2.08. The lowest BCUT2D eigenvalue weighted by atomic mass is 9.86. The maximum Gasteiger partial charge on any atom is 0.119 e. The molecule has 1 atom stereocenters. The van der Waals surface area contributed by atoms with Crippen LogP contribution in [0, 0.1) is 5.92 Å². The van der Waals surface area contributed by atoms with Crippen LogP contribution in [-0.4, -0.2) is 12.6 Å². The molecule has 2 heteroatoms. The molecule has 1 aliphatic rings. The van der Waals surface area contributed by atoms with Gasteiger partial charge in [0.2, 0.25) is 0 Å². The van der Waals surface area contributed by atoms with Gasteiger partial charge >= 0.3 is 0 Å². The third-order valence-electron chi connectivity index (χ3n) is 3.63. The summed E-state index contributed by atoms with van der Waals surface area (Å²) in [4.78, 5) is 0. The SMILES string of the molecule is CCC(N)Cc1cccc(OCC2CCC2)c1. The maximum atomic E-state index is 5.97. The summed E-state index contributed by atoms with van der Waals surface area (Å²) in [5.74, 6) is 1.79. The fraction of sp³-hybridized carbons (Fsp3) is 0.600. The Labute approximate surface area is 104 Å². The van der Waals surface area contributed by atoms with Gasteiger partial charge < -0.3 is 10.5 Å². The summed E-state index contributed by atoms with van der Waals surface area (Å²) in [7, 11) is 0. The van der Waals surface area contributed by atoms with Crippen molar-refractivity contribution in [1.82, 2.24) is 0 Å². The van der Waals surface area contributed by atoms with Crippen molar-refractivity contribution >= 4 is 0 Å². The monoisotopic (exact) mass is 233 g/mol. The molecule has 0 radical (unpaired) electrons. The molecule has 1 saturated carbocycles. The van der Waals surface area contributed by atoms with Gasteiger partial charge in [-0.3, -0.25) is 0 Å². The van der Waals surface area contributed by atoms with E-state index in [1.807, 2.05) is 6.07 Å². The Bertz CT molecular complexity index is 347. The zero-order valence-electron chi connectivity index (χ0n) is 10.7. The molecule has 0 aromatic heterocycles. The highest BCUT2D eigenvalue weighted by Crippen LogP contribution is 2.27. The largest absolute Gasteiger partial charge is 0.493 e. The summed E-state index contributed by atoms with van der Waals surface area (Å²) in [5.41, 5.74) is 7.25. The van der Waals surface area contributed by atoms with Crippen molar-refractivity contribution in [1.29, 1.82) is 0 Å². The number of rotatable bonds is 6. The van der Waals surface area contributed by atoms with Crippen LogP contribution >= 0.6 is 0 Å². The van der Waals surface area contributed by atoms with Crippen molar-refractivity contribution in [2.24, 2.45) is 11.7 Å². The van der Waals surface area contributed by atoms with Crippen LogP contribution in [0.3, 0.4) is 0 Å². The first-order valence-electron chi connectivity index (χ1n) is 6.75. The number of ether oxygens (including phenoxy) is 1. The van der Waals surface area contributed by atoms with Crippen LogP contribution in [-0.2, 0) is 6.42 Å². The molecule has 0 aliphatic heterocycles. The average Bonchev–Trinajstić information content (AvgIpc) is 2.27. The summed E-state index contributed by atoms with van der Waals surface area (Å²) in [6, 6.07) is 8.63. The first-order valence-corrected chi connectivity index (χ1v) is 6.75. The summed E-state index contributed by atoms with van der Waals surface area (Å²) < 4.78 is 5.82. The van der Waals surface area contributed by atoms with Gasteiger partial charge in [0.25, 0.3) is 0 Å². The second-order valence-corrected chi connectivity index (χ2v) is 5.13. The van der Waals surface area contributed by atoms with E-state index in [4.69, 9.17) is 10.5 Å². The van der Waals surface area contributed by atoms with E-state index < -0.39 is 0 Å². The average molecular weight is 233 g/mol. The van der Waals surface area contributed by atoms with E-state index in [2.05, 4.69) is 25.1 Å². The smallest absolute Gasteiger partial charge is 0.119 e. The van der Waals surface area contributed by atoms with Gasteiger partial charge in [-0.25, -0.2) is 0 Å². The van der Waals surface area contributed by atoms with Crippen LogP contribution in [0.25, 0.3) is 0 Å². The predicted molar refractivity (Wildman–Crippen MR) is 71.2 cm³/mol. The first-order chi connectivity index (χ1) is 8.28. The Kier molecular flexibility index (Phi) is 4.43. The standard InChI is InChI=1S/C15H23NO/c1-2-14(16)9-13-7-4-8-15(10-13)17-11-12-5-3-6-12/h4,7-8,10,12,14H,2-3,5-6,9,11,16H2,1H3. The second kappa shape index (κ2) is 6.06. The molecule has 17 heavy (non-hydrogen) atoms. The molecule has 0 amide bonds. The molecule has 1 aliphatic carbocycles. The van der Waals surface area contributed by atoms with E-state index in [1.165, 1.54) is 24.8 Å². The van der Waals surface area contributed by atoms with Crippen LogP contribution < -0.4 is 10.5 Å². The van der Waals surface area contributed by atoms with Gasteiger partial charge in [0.15, 0.2) is 0 Å². The van der Waals surface area contributed by atoms with E-state index >= 15 is 0 Å². The van der Waals surface area contributed by atoms with E-state index in [0.717, 1.165) is 31.1 Å². The van der Waals surface area contributed by atoms with Crippen LogP contribution in [0.15, 0.2) is 24.3 Å². The zero-order chi connectivity index (χ0) is 12.1. The third-order valence-corrected chi connectivity index (χ3v) is 3.63. The number of hydrogen-bond acceptors (Lipinski definition) is 2. The minimum atomic E-state index is 0.261. The van der Waals surface area contributed by atoms with Crippen molar-refractivity contribution in [3.8, 4) is 5.75 Å². The highest BCUT2D eigenvalue weighted by atomic mass is 16.5. The summed E-state index contributed by atoms with van der Waals surface area (Å²) in [6.07, 6.45) is 6.00. The molecular formula is C15H23NO. The second-order valence-electron chi connectivity index (χ2n) is 5.13. The Morgan fingerprint density at radius 3 is 2.88 bits per heavy atom. The van der Waals surface area contributed by atoms with Gasteiger partial charge in [-0.05, 0) is 49.3 Å². The van der Waals surface area contributed by atoms with Crippen molar-refractivity contribution < 1.29 is 4.74 Å². The minimum Gasteiger partial charge on any atom is -0.493 e. The summed E-state index contributed by atoms with van der Waals surface area (Å²) in [6.45, 7) is 3.00. The molecule has 0 saturated heterocycles. The highest BCUT2D eigenvalue weighted by Gasteiger charge is 2.17. The summed E-state index contributed by atoms with van der Waals surface area (Å²) in [5, 5.41) is 0. The minimum absolute atomic E-state index is 0.261. The molecule has 0 heterocycles. The van der Waals surface area contributed by atoms with Crippen molar-refractivity contribution in [3.63, 3.8) is 0 Å². The van der Waals surface area contributed by atoms with Crippen molar-refractivity contribution in [3.05, 3.63) is 29.8 Å². The first kappa shape index (κ1) is 12.4. The molecule has 1 fully saturated rings. The zero-order valence-corrected chi connectivity index (χ0v) is 10.7. The lowest BCUT2D eigenvalue weighted by Crippen LogP contribution is -2.21. The number of hydrogen-bond donors (Lipinski definition) is 1. The van der Waals surface area contributed by atoms with Crippen LogP contribution in [0.2, 0.25) is 0 Å². The van der Waals surface area contributed by atoms with Crippen molar-refractivity contribution in [2.45, 2.75) is 45.1 Å². The quantitative estimate of drug-likeness (QED) is 0.819. The van der Waals surface area contributed by atoms with Gasteiger partial charge in [-0.2, -0.15) is 0 Å². The number of benzene rings is 1. The lowest BCUT2D eigenvalue weighted by Gasteiger charge is -2.25. The Hall–Kier alpha value is -1.02. The third kappa shape index (κ3) is 3.74. The van der Waals surface area contributed by atoms with Crippen LogP contribution in [0.1, 0.15) is 38.2 Å². The Morgan fingerprint density at radius 2 is 2.24 bits per heavy atom. The van der Waals surface area contributed by atoms with E-state index in [9.17, 15) is 0 Å². The molecule has 2 N–H and O–H groups in total. The maximum absolute atomic E-state index is 5.97. The Morgan fingerprint density at radius 1 is 1.41 bits per heavy atom. The molecule has 2 nitrogen and oxygen atoms in total. The molecule has 94 valence electrons. The van der Waals surface area contributed by atoms with Crippen molar-refractivity contribution in [2.75, 3.05) is 6.61 Å². The Balaban J connectivity index is 1.86. The molecule has 2 rings (SSSR count). The predicted octanol–water partition coefficient (Wildman–Crippen LogP) is 3.15. The molecular weight excluding hydrogens is 210 g/mol. The number of nitrogens with two attached hydrogens (primary N) is 1. The van der Waals surface area contributed by atoms with Gasteiger partial charge in [0.1, 0.15) is 5.75 Å².